The molecule has 0 amide bonds. The molecular weight excluding hydrogens is 258 g/mol. The first-order valence-corrected chi connectivity index (χ1v) is 6.87. The Hall–Kier alpha value is -2.94. The molecule has 4 aromatic rings. The number of hydrogen-bond acceptors (Lipinski definition) is 2. The highest BCUT2D eigenvalue weighted by Crippen LogP contribution is 2.20. The van der Waals surface area contributed by atoms with Crippen molar-refractivity contribution in [3.8, 4) is 22.5 Å². The van der Waals surface area contributed by atoms with Crippen LogP contribution in [-0.2, 0) is 0 Å². The monoisotopic (exact) mass is 271 g/mol. The lowest BCUT2D eigenvalue weighted by Crippen LogP contribution is -1.92. The molecule has 0 bridgehead atoms. The summed E-state index contributed by atoms with van der Waals surface area (Å²) in [6.07, 6.45) is 1.97. The lowest BCUT2D eigenvalue weighted by molar-refractivity contribution is 0.943. The molecule has 3 heteroatoms. The highest BCUT2D eigenvalue weighted by atomic mass is 15.2. The highest BCUT2D eigenvalue weighted by molar-refractivity contribution is 5.64. The molecule has 2 aromatic heterocycles. The lowest BCUT2D eigenvalue weighted by Gasteiger charge is -2.00. The first kappa shape index (κ1) is 11.9. The number of hydrogen-bond donors (Lipinski definition) is 0. The van der Waals surface area contributed by atoms with Crippen molar-refractivity contribution in [3.05, 3.63) is 79.0 Å². The van der Waals surface area contributed by atoms with Gasteiger partial charge in [-0.1, -0.05) is 60.7 Å². The minimum absolute atomic E-state index is 0.855. The van der Waals surface area contributed by atoms with E-state index in [2.05, 4.69) is 34.3 Å². The Balaban J connectivity index is 1.82. The lowest BCUT2D eigenvalue weighted by atomic mass is 10.1. The topological polar surface area (TPSA) is 30.2 Å². The van der Waals surface area contributed by atoms with Gasteiger partial charge in [0.25, 0.3) is 0 Å². The molecule has 0 saturated carbocycles. The van der Waals surface area contributed by atoms with Crippen LogP contribution in [0.2, 0.25) is 0 Å². The molecule has 3 nitrogen and oxygen atoms in total. The Labute approximate surface area is 122 Å². The molecule has 0 aliphatic rings. The van der Waals surface area contributed by atoms with Crippen molar-refractivity contribution in [1.82, 2.24) is 14.6 Å². The number of aromatic nitrogens is 3. The second-order valence-corrected chi connectivity index (χ2v) is 4.88. The second-order valence-electron chi connectivity index (χ2n) is 4.88. The maximum atomic E-state index is 4.65. The third-order valence-electron chi connectivity index (χ3n) is 3.46. The van der Waals surface area contributed by atoms with Crippen LogP contribution in [0.5, 0.6) is 0 Å². The van der Waals surface area contributed by atoms with Gasteiger partial charge in [-0.25, -0.2) is 9.50 Å². The molecule has 0 N–H and O–H groups in total. The van der Waals surface area contributed by atoms with E-state index < -0.39 is 0 Å². The number of nitrogens with zero attached hydrogens (tertiary/aromatic N) is 3. The SMILES string of the molecule is c1ccc(-c2cn3nc(-c4ccccc4)ccc3n2)cc1. The van der Waals surface area contributed by atoms with Crippen LogP contribution in [0.1, 0.15) is 0 Å². The molecule has 0 aliphatic heterocycles. The average molecular weight is 271 g/mol. The van der Waals surface area contributed by atoms with Gasteiger partial charge in [0.15, 0.2) is 5.65 Å². The fourth-order valence-electron chi connectivity index (χ4n) is 2.39. The molecule has 0 radical (unpaired) electrons. The van der Waals surface area contributed by atoms with Crippen LogP contribution < -0.4 is 0 Å². The Morgan fingerprint density at radius 1 is 0.619 bits per heavy atom. The molecule has 0 saturated heterocycles. The van der Waals surface area contributed by atoms with E-state index >= 15 is 0 Å². The quantitative estimate of drug-likeness (QED) is 0.550. The van der Waals surface area contributed by atoms with Gasteiger partial charge in [0.1, 0.15) is 0 Å². The summed E-state index contributed by atoms with van der Waals surface area (Å²) in [5, 5.41) is 4.65. The predicted octanol–water partition coefficient (Wildman–Crippen LogP) is 4.06. The molecule has 2 heterocycles. The average Bonchev–Trinajstić information content (AvgIpc) is 2.99. The van der Waals surface area contributed by atoms with Crippen molar-refractivity contribution in [2.24, 2.45) is 0 Å². The highest BCUT2D eigenvalue weighted by Gasteiger charge is 2.06. The van der Waals surface area contributed by atoms with Gasteiger partial charge in [-0.15, -0.1) is 0 Å². The number of imidazole rings is 1. The van der Waals surface area contributed by atoms with E-state index in [1.165, 1.54) is 0 Å². The third kappa shape index (κ3) is 2.19. The minimum atomic E-state index is 0.855. The van der Waals surface area contributed by atoms with Crippen LogP contribution in [0.15, 0.2) is 79.0 Å². The summed E-state index contributed by atoms with van der Waals surface area (Å²) in [5.74, 6) is 0. The van der Waals surface area contributed by atoms with Crippen molar-refractivity contribution in [3.63, 3.8) is 0 Å². The molecule has 2 aromatic carbocycles. The fourth-order valence-corrected chi connectivity index (χ4v) is 2.39. The van der Waals surface area contributed by atoms with Crippen LogP contribution in [0, 0.1) is 0 Å². The molecule has 21 heavy (non-hydrogen) atoms. The summed E-state index contributed by atoms with van der Waals surface area (Å²) in [6, 6.07) is 24.3. The maximum Gasteiger partial charge on any atom is 0.154 e. The number of fused-ring (bicyclic) bond motifs is 1. The number of rotatable bonds is 2. The van der Waals surface area contributed by atoms with Crippen molar-refractivity contribution in [2.75, 3.05) is 0 Å². The van der Waals surface area contributed by atoms with Crippen LogP contribution in [-0.4, -0.2) is 14.6 Å². The van der Waals surface area contributed by atoms with E-state index in [4.69, 9.17) is 0 Å². The van der Waals surface area contributed by atoms with E-state index in [1.54, 1.807) is 0 Å². The van der Waals surface area contributed by atoms with E-state index in [1.807, 2.05) is 59.2 Å². The van der Waals surface area contributed by atoms with E-state index in [0.717, 1.165) is 28.2 Å². The van der Waals surface area contributed by atoms with E-state index in [-0.39, 0.29) is 0 Å². The van der Waals surface area contributed by atoms with Crippen molar-refractivity contribution in [2.45, 2.75) is 0 Å². The molecule has 0 spiro atoms. The fraction of sp³-hybridized carbons (Fsp3) is 0. The van der Waals surface area contributed by atoms with Crippen LogP contribution in [0.25, 0.3) is 28.2 Å². The van der Waals surface area contributed by atoms with Gasteiger partial charge in [0.05, 0.1) is 17.6 Å². The normalized spacial score (nSPS) is 10.9. The van der Waals surface area contributed by atoms with Gasteiger partial charge in [-0.2, -0.15) is 5.10 Å². The summed E-state index contributed by atoms with van der Waals surface area (Å²) >= 11 is 0. The van der Waals surface area contributed by atoms with Gasteiger partial charge >= 0.3 is 0 Å². The minimum Gasteiger partial charge on any atom is -0.227 e. The van der Waals surface area contributed by atoms with Gasteiger partial charge in [0.2, 0.25) is 0 Å². The summed E-state index contributed by atoms with van der Waals surface area (Å²) in [6.45, 7) is 0. The first-order chi connectivity index (χ1) is 10.4. The second kappa shape index (κ2) is 4.87. The van der Waals surface area contributed by atoms with Gasteiger partial charge in [-0.3, -0.25) is 0 Å². The standard InChI is InChI=1S/C18H13N3/c1-3-7-14(8-4-1)16-11-12-18-19-17(13-21(18)20-16)15-9-5-2-6-10-15/h1-13H. The van der Waals surface area contributed by atoms with Crippen molar-refractivity contribution >= 4 is 5.65 Å². The molecule has 100 valence electrons. The summed E-state index contributed by atoms with van der Waals surface area (Å²) < 4.78 is 1.84. The van der Waals surface area contributed by atoms with Crippen molar-refractivity contribution in [1.29, 1.82) is 0 Å². The largest absolute Gasteiger partial charge is 0.227 e. The molecule has 0 unspecified atom stereocenters. The summed E-state index contributed by atoms with van der Waals surface area (Å²) in [7, 11) is 0. The van der Waals surface area contributed by atoms with E-state index in [9.17, 15) is 0 Å². The molecular formula is C18H13N3. The zero-order valence-corrected chi connectivity index (χ0v) is 11.3. The van der Waals surface area contributed by atoms with Crippen molar-refractivity contribution < 1.29 is 0 Å². The maximum absolute atomic E-state index is 4.65. The third-order valence-corrected chi connectivity index (χ3v) is 3.46. The number of benzene rings is 2. The first-order valence-electron chi connectivity index (χ1n) is 6.87. The van der Waals surface area contributed by atoms with Gasteiger partial charge < -0.3 is 0 Å². The predicted molar refractivity (Wildman–Crippen MR) is 83.9 cm³/mol. The van der Waals surface area contributed by atoms with Gasteiger partial charge in [-0.05, 0) is 12.1 Å². The summed E-state index contributed by atoms with van der Waals surface area (Å²) in [5.41, 5.74) is 4.94. The molecule has 0 atom stereocenters. The zero-order valence-electron chi connectivity index (χ0n) is 11.3. The molecule has 0 aliphatic carbocycles. The van der Waals surface area contributed by atoms with Crippen LogP contribution in [0.4, 0.5) is 0 Å². The Kier molecular flexibility index (Phi) is 2.75. The van der Waals surface area contributed by atoms with Crippen LogP contribution in [0.3, 0.4) is 0 Å². The Morgan fingerprint density at radius 3 is 1.90 bits per heavy atom. The Morgan fingerprint density at radius 2 is 1.24 bits per heavy atom. The molecule has 4 rings (SSSR count). The molecule has 0 fully saturated rings. The Bertz CT molecular complexity index is 843. The van der Waals surface area contributed by atoms with Crippen LogP contribution >= 0.6 is 0 Å². The smallest absolute Gasteiger partial charge is 0.154 e. The van der Waals surface area contributed by atoms with Gasteiger partial charge in [0, 0.05) is 11.1 Å². The zero-order chi connectivity index (χ0) is 14.1. The summed E-state index contributed by atoms with van der Waals surface area (Å²) in [4.78, 5) is 4.62. The van der Waals surface area contributed by atoms with E-state index in [0.29, 0.717) is 0 Å².